The minimum Gasteiger partial charge on any atom is -0.267 e. The van der Waals surface area contributed by atoms with E-state index in [0.717, 1.165) is 20.8 Å². The lowest BCUT2D eigenvalue weighted by Gasteiger charge is -2.00. The average molecular weight is 286 g/mol. The minimum atomic E-state index is -0.179. The third-order valence-corrected chi connectivity index (χ3v) is 3.22. The number of benzene rings is 1. The van der Waals surface area contributed by atoms with Crippen molar-refractivity contribution in [1.82, 2.24) is 4.98 Å². The summed E-state index contributed by atoms with van der Waals surface area (Å²) >= 11 is 3.49. The van der Waals surface area contributed by atoms with Crippen LogP contribution in [0.2, 0.25) is 0 Å². The maximum Gasteiger partial charge on any atom is 0.278 e. The van der Waals surface area contributed by atoms with Gasteiger partial charge in [-0.1, -0.05) is 40.2 Å². The molecule has 2 aliphatic rings. The fourth-order valence-corrected chi connectivity index (χ4v) is 2.53. The predicted molar refractivity (Wildman–Crippen MR) is 72.3 cm³/mol. The van der Waals surface area contributed by atoms with Crippen molar-refractivity contribution in [2.45, 2.75) is 0 Å². The first-order valence-corrected chi connectivity index (χ1v) is 6.02. The molecule has 1 aliphatic heterocycles. The SMILES string of the molecule is O=c1nccc2cc(Br)cc3ccccc3c1-2. The zero-order chi connectivity index (χ0) is 11.8. The first kappa shape index (κ1) is 10.4. The van der Waals surface area contributed by atoms with Crippen molar-refractivity contribution in [3.05, 3.63) is 63.5 Å². The first-order chi connectivity index (χ1) is 8.25. The second kappa shape index (κ2) is 3.93. The molecule has 0 amide bonds. The molecule has 0 atom stereocenters. The summed E-state index contributed by atoms with van der Waals surface area (Å²) in [7, 11) is 0. The van der Waals surface area contributed by atoms with Crippen LogP contribution in [0.25, 0.3) is 21.9 Å². The van der Waals surface area contributed by atoms with Gasteiger partial charge < -0.3 is 0 Å². The Labute approximate surface area is 106 Å². The lowest BCUT2D eigenvalue weighted by Crippen LogP contribution is -2.07. The van der Waals surface area contributed by atoms with Gasteiger partial charge in [0.1, 0.15) is 0 Å². The Bertz CT molecular complexity index is 739. The van der Waals surface area contributed by atoms with Crippen LogP contribution in [-0.2, 0) is 0 Å². The molecule has 3 rings (SSSR count). The van der Waals surface area contributed by atoms with Gasteiger partial charge in [0.2, 0.25) is 0 Å². The third-order valence-electron chi connectivity index (χ3n) is 2.77. The topological polar surface area (TPSA) is 30.0 Å². The molecule has 17 heavy (non-hydrogen) atoms. The van der Waals surface area contributed by atoms with Crippen LogP contribution in [0.1, 0.15) is 0 Å². The second-order valence-corrected chi connectivity index (χ2v) is 4.76. The van der Waals surface area contributed by atoms with Gasteiger partial charge in [0, 0.05) is 10.7 Å². The Balaban J connectivity index is 2.65. The average Bonchev–Trinajstić information content (AvgIpc) is 2.44. The van der Waals surface area contributed by atoms with E-state index in [4.69, 9.17) is 0 Å². The molecule has 0 unspecified atom stereocenters. The number of halogens is 1. The van der Waals surface area contributed by atoms with Crippen LogP contribution in [0.3, 0.4) is 0 Å². The van der Waals surface area contributed by atoms with Gasteiger partial charge in [-0.05, 0) is 34.5 Å². The molecule has 1 aromatic rings. The lowest BCUT2D eigenvalue weighted by atomic mass is 10.0. The zero-order valence-electron chi connectivity index (χ0n) is 8.85. The van der Waals surface area contributed by atoms with E-state index in [2.05, 4.69) is 20.9 Å². The molecule has 0 saturated heterocycles. The molecule has 0 aromatic heterocycles. The summed E-state index contributed by atoms with van der Waals surface area (Å²) in [5.74, 6) is 0. The first-order valence-electron chi connectivity index (χ1n) is 5.23. The monoisotopic (exact) mass is 285 g/mol. The summed E-state index contributed by atoms with van der Waals surface area (Å²) in [6.07, 6.45) is 1.55. The van der Waals surface area contributed by atoms with E-state index in [0.29, 0.717) is 5.56 Å². The molecule has 0 saturated carbocycles. The van der Waals surface area contributed by atoms with Gasteiger partial charge in [-0.2, -0.15) is 0 Å². The van der Waals surface area contributed by atoms with Crippen LogP contribution in [-0.4, -0.2) is 4.98 Å². The Morgan fingerprint density at radius 3 is 2.76 bits per heavy atom. The molecule has 1 heterocycles. The van der Waals surface area contributed by atoms with E-state index >= 15 is 0 Å². The van der Waals surface area contributed by atoms with E-state index in [9.17, 15) is 4.79 Å². The van der Waals surface area contributed by atoms with E-state index < -0.39 is 0 Å². The minimum absolute atomic E-state index is 0.179. The van der Waals surface area contributed by atoms with Crippen LogP contribution in [0.4, 0.5) is 0 Å². The van der Waals surface area contributed by atoms with Crippen LogP contribution < -0.4 is 5.56 Å². The molecule has 2 nitrogen and oxygen atoms in total. The Kier molecular flexibility index (Phi) is 2.41. The molecule has 0 spiro atoms. The molecular formula is C14H8BrNO. The summed E-state index contributed by atoms with van der Waals surface area (Å²) in [4.78, 5) is 15.8. The van der Waals surface area contributed by atoms with Gasteiger partial charge in [0.05, 0.1) is 5.56 Å². The van der Waals surface area contributed by atoms with Crippen molar-refractivity contribution in [3.8, 4) is 11.1 Å². The zero-order valence-corrected chi connectivity index (χ0v) is 10.4. The highest BCUT2D eigenvalue weighted by Gasteiger charge is 2.10. The van der Waals surface area contributed by atoms with Crippen molar-refractivity contribution in [3.63, 3.8) is 0 Å². The summed E-state index contributed by atoms with van der Waals surface area (Å²) in [5.41, 5.74) is 1.40. The smallest absolute Gasteiger partial charge is 0.267 e. The number of aromatic nitrogens is 1. The maximum atomic E-state index is 11.9. The van der Waals surface area contributed by atoms with Crippen LogP contribution >= 0.6 is 15.9 Å². The number of nitrogens with zero attached hydrogens (tertiary/aromatic N) is 1. The number of fused-ring (bicyclic) bond motifs is 3. The molecule has 0 bridgehead atoms. The molecule has 1 aliphatic carbocycles. The predicted octanol–water partition coefficient (Wildman–Crippen LogP) is 3.46. The molecule has 0 N–H and O–H groups in total. The highest BCUT2D eigenvalue weighted by molar-refractivity contribution is 9.10. The Morgan fingerprint density at radius 1 is 1.06 bits per heavy atom. The Hall–Kier alpha value is -1.74. The molecule has 0 radical (unpaired) electrons. The number of rotatable bonds is 0. The van der Waals surface area contributed by atoms with E-state index in [1.165, 1.54) is 0 Å². The van der Waals surface area contributed by atoms with Gasteiger partial charge >= 0.3 is 0 Å². The largest absolute Gasteiger partial charge is 0.278 e. The Morgan fingerprint density at radius 2 is 1.88 bits per heavy atom. The maximum absolute atomic E-state index is 11.9. The quantitative estimate of drug-likeness (QED) is 0.633. The molecule has 1 aromatic carbocycles. The fourth-order valence-electron chi connectivity index (χ4n) is 2.04. The van der Waals surface area contributed by atoms with E-state index in [-0.39, 0.29) is 5.56 Å². The highest BCUT2D eigenvalue weighted by atomic mass is 79.9. The van der Waals surface area contributed by atoms with Crippen molar-refractivity contribution in [1.29, 1.82) is 0 Å². The molecular weight excluding hydrogens is 278 g/mol. The van der Waals surface area contributed by atoms with E-state index in [1.807, 2.05) is 42.5 Å². The fraction of sp³-hybridized carbons (Fsp3) is 0. The molecule has 0 fully saturated rings. The van der Waals surface area contributed by atoms with Crippen molar-refractivity contribution < 1.29 is 0 Å². The van der Waals surface area contributed by atoms with Gasteiger partial charge in [0.15, 0.2) is 0 Å². The summed E-state index contributed by atoms with van der Waals surface area (Å²) in [6, 6.07) is 13.6. The van der Waals surface area contributed by atoms with Gasteiger partial charge in [-0.25, -0.2) is 4.98 Å². The second-order valence-electron chi connectivity index (χ2n) is 3.84. The number of pyridine rings is 1. The van der Waals surface area contributed by atoms with E-state index in [1.54, 1.807) is 6.20 Å². The summed E-state index contributed by atoms with van der Waals surface area (Å²) in [6.45, 7) is 0. The standard InChI is InChI=1S/C14H8BrNO/c15-11-7-9-3-1-2-4-12(9)13-10(8-11)5-6-16-14(13)17/h1-8H. The third kappa shape index (κ3) is 1.72. The summed E-state index contributed by atoms with van der Waals surface area (Å²) < 4.78 is 0.953. The highest BCUT2D eigenvalue weighted by Crippen LogP contribution is 2.28. The number of hydrogen-bond donors (Lipinski definition) is 0. The molecule has 3 heteroatoms. The van der Waals surface area contributed by atoms with Gasteiger partial charge in [-0.15, -0.1) is 0 Å². The van der Waals surface area contributed by atoms with Crippen molar-refractivity contribution in [2.75, 3.05) is 0 Å². The lowest BCUT2D eigenvalue weighted by molar-refractivity contribution is 1.25. The molecule has 82 valence electrons. The van der Waals surface area contributed by atoms with Gasteiger partial charge in [0.25, 0.3) is 5.56 Å². The van der Waals surface area contributed by atoms with Crippen LogP contribution in [0.5, 0.6) is 0 Å². The van der Waals surface area contributed by atoms with Gasteiger partial charge in [-0.3, -0.25) is 4.79 Å². The normalized spacial score (nSPS) is 10.9. The summed E-state index contributed by atoms with van der Waals surface area (Å²) in [5, 5.41) is 1.96. The van der Waals surface area contributed by atoms with Crippen LogP contribution in [0.15, 0.2) is 57.9 Å². The van der Waals surface area contributed by atoms with Crippen molar-refractivity contribution >= 4 is 26.7 Å². The number of hydrogen-bond acceptors (Lipinski definition) is 2. The van der Waals surface area contributed by atoms with Crippen molar-refractivity contribution in [2.24, 2.45) is 0 Å². The van der Waals surface area contributed by atoms with Crippen LogP contribution in [0, 0.1) is 0 Å².